The zero-order valence-electron chi connectivity index (χ0n) is 17.9. The monoisotopic (exact) mass is 423 g/mol. The van der Waals surface area contributed by atoms with Crippen LogP contribution in [-0.4, -0.2) is 67.4 Å². The standard InChI is InChI=1S/C24H29N3O4/c1-31-19-8-6-18(7-9-19)25-12-14-26(15-13-25)20(28)10-11-27-23(29)21-16-2-3-17(5-4-16)22(21)24(27)30/h2-3,6-9,16-17,21-22H,4-5,10-15H2,1H3. The number of fused-ring (bicyclic) bond motifs is 1. The molecule has 2 saturated heterocycles. The van der Waals surface area contributed by atoms with Crippen LogP contribution in [-0.2, 0) is 14.4 Å². The van der Waals surface area contributed by atoms with Gasteiger partial charge < -0.3 is 14.5 Å². The molecule has 0 spiro atoms. The molecule has 1 saturated carbocycles. The van der Waals surface area contributed by atoms with Crippen LogP contribution in [0.3, 0.4) is 0 Å². The number of ether oxygens (including phenoxy) is 1. The van der Waals surface area contributed by atoms with Gasteiger partial charge in [-0.05, 0) is 48.9 Å². The lowest BCUT2D eigenvalue weighted by Gasteiger charge is -2.38. The second-order valence-electron chi connectivity index (χ2n) is 8.99. The van der Waals surface area contributed by atoms with Crippen LogP contribution < -0.4 is 9.64 Å². The molecule has 2 aliphatic heterocycles. The van der Waals surface area contributed by atoms with Crippen LogP contribution in [0.15, 0.2) is 36.4 Å². The number of rotatable bonds is 5. The predicted octanol–water partition coefficient (Wildman–Crippen LogP) is 1.93. The van der Waals surface area contributed by atoms with Gasteiger partial charge in [0.1, 0.15) is 5.75 Å². The average molecular weight is 424 g/mol. The van der Waals surface area contributed by atoms with Crippen molar-refractivity contribution >= 4 is 23.4 Å². The molecule has 0 N–H and O–H groups in total. The van der Waals surface area contributed by atoms with E-state index in [2.05, 4.69) is 17.1 Å². The zero-order valence-corrected chi connectivity index (χ0v) is 17.9. The largest absolute Gasteiger partial charge is 0.497 e. The molecule has 31 heavy (non-hydrogen) atoms. The smallest absolute Gasteiger partial charge is 0.233 e. The summed E-state index contributed by atoms with van der Waals surface area (Å²) in [5, 5.41) is 0. The maximum absolute atomic E-state index is 12.9. The van der Waals surface area contributed by atoms with E-state index in [9.17, 15) is 14.4 Å². The van der Waals surface area contributed by atoms with Crippen LogP contribution in [0.25, 0.3) is 0 Å². The fraction of sp³-hybridized carbons (Fsp3) is 0.542. The number of carbonyl (C=O) groups is 3. The number of anilines is 1. The number of nitrogens with zero attached hydrogens (tertiary/aromatic N) is 3. The Bertz CT molecular complexity index is 872. The first kappa shape index (κ1) is 20.1. The van der Waals surface area contributed by atoms with Gasteiger partial charge in [0, 0.05) is 44.8 Å². The van der Waals surface area contributed by atoms with E-state index in [-0.39, 0.29) is 54.4 Å². The molecule has 7 heteroatoms. The van der Waals surface area contributed by atoms with Crippen LogP contribution in [0.2, 0.25) is 0 Å². The molecule has 2 heterocycles. The van der Waals surface area contributed by atoms with E-state index in [1.807, 2.05) is 29.2 Å². The summed E-state index contributed by atoms with van der Waals surface area (Å²) < 4.78 is 5.21. The lowest BCUT2D eigenvalue weighted by molar-refractivity contribution is -0.141. The van der Waals surface area contributed by atoms with Gasteiger partial charge in [0.05, 0.1) is 18.9 Å². The number of hydrogen-bond donors (Lipinski definition) is 0. The first-order valence-corrected chi connectivity index (χ1v) is 11.3. The van der Waals surface area contributed by atoms with Crippen molar-refractivity contribution in [1.82, 2.24) is 9.80 Å². The summed E-state index contributed by atoms with van der Waals surface area (Å²) in [4.78, 5) is 44.1. The number of imide groups is 1. The molecule has 0 aromatic heterocycles. The number of amides is 3. The number of piperazine rings is 1. The number of carbonyl (C=O) groups excluding carboxylic acids is 3. The van der Waals surface area contributed by atoms with Gasteiger partial charge in [0.15, 0.2) is 0 Å². The van der Waals surface area contributed by atoms with Crippen LogP contribution in [0.4, 0.5) is 5.69 Å². The Kier molecular flexibility index (Phi) is 5.20. The molecule has 5 aliphatic rings. The highest BCUT2D eigenvalue weighted by atomic mass is 16.5. The van der Waals surface area contributed by atoms with E-state index in [1.54, 1.807) is 7.11 Å². The molecule has 1 aromatic carbocycles. The first-order chi connectivity index (χ1) is 15.1. The second-order valence-corrected chi connectivity index (χ2v) is 8.99. The number of methoxy groups -OCH3 is 1. The third kappa shape index (κ3) is 3.50. The Morgan fingerprint density at radius 3 is 2.03 bits per heavy atom. The zero-order chi connectivity index (χ0) is 21.5. The van der Waals surface area contributed by atoms with E-state index in [4.69, 9.17) is 4.74 Å². The third-order valence-electron chi connectivity index (χ3n) is 7.47. The SMILES string of the molecule is COc1ccc(N2CCN(C(=O)CCN3C(=O)C4C5C=CC(CC5)C4C3=O)CC2)cc1. The summed E-state index contributed by atoms with van der Waals surface area (Å²) in [7, 11) is 1.65. The highest BCUT2D eigenvalue weighted by Crippen LogP contribution is 2.49. The van der Waals surface area contributed by atoms with Gasteiger partial charge in [0.25, 0.3) is 0 Å². The molecule has 2 bridgehead atoms. The Morgan fingerprint density at radius 2 is 1.52 bits per heavy atom. The summed E-state index contributed by atoms with van der Waals surface area (Å²) >= 11 is 0. The minimum Gasteiger partial charge on any atom is -0.497 e. The molecular formula is C24H29N3O4. The molecule has 3 amide bonds. The number of allylic oxidation sites excluding steroid dienone is 2. The van der Waals surface area contributed by atoms with E-state index in [0.717, 1.165) is 37.4 Å². The van der Waals surface area contributed by atoms with Gasteiger partial charge in [-0.1, -0.05) is 12.2 Å². The molecule has 7 nitrogen and oxygen atoms in total. The highest BCUT2D eigenvalue weighted by molar-refractivity contribution is 6.06. The minimum absolute atomic E-state index is 0.0194. The average Bonchev–Trinajstić information content (AvgIpc) is 3.10. The summed E-state index contributed by atoms with van der Waals surface area (Å²) in [5.41, 5.74) is 1.12. The van der Waals surface area contributed by atoms with Crippen LogP contribution in [0, 0.1) is 23.7 Å². The second kappa shape index (κ2) is 8.02. The number of hydrogen-bond acceptors (Lipinski definition) is 5. The van der Waals surface area contributed by atoms with Crippen molar-refractivity contribution in [2.75, 3.05) is 44.7 Å². The fourth-order valence-corrected chi connectivity index (χ4v) is 5.73. The van der Waals surface area contributed by atoms with Crippen molar-refractivity contribution in [3.63, 3.8) is 0 Å². The van der Waals surface area contributed by atoms with Crippen molar-refractivity contribution in [2.45, 2.75) is 19.3 Å². The summed E-state index contributed by atoms with van der Waals surface area (Å²) in [6.07, 6.45) is 6.44. The lowest BCUT2D eigenvalue weighted by atomic mass is 9.63. The topological polar surface area (TPSA) is 70.2 Å². The van der Waals surface area contributed by atoms with E-state index < -0.39 is 0 Å². The van der Waals surface area contributed by atoms with Crippen LogP contribution in [0.5, 0.6) is 5.75 Å². The Hall–Kier alpha value is -2.83. The lowest BCUT2D eigenvalue weighted by Crippen LogP contribution is -2.49. The Balaban J connectivity index is 1.14. The van der Waals surface area contributed by atoms with Crippen molar-refractivity contribution in [3.8, 4) is 5.75 Å². The number of likely N-dealkylation sites (tertiary alicyclic amines) is 1. The van der Waals surface area contributed by atoms with Gasteiger partial charge in [-0.25, -0.2) is 0 Å². The summed E-state index contributed by atoms with van der Waals surface area (Å²) in [5.74, 6) is 0.714. The number of benzene rings is 1. The maximum atomic E-state index is 12.9. The molecule has 3 aliphatic carbocycles. The van der Waals surface area contributed by atoms with Gasteiger partial charge in [-0.15, -0.1) is 0 Å². The van der Waals surface area contributed by atoms with E-state index in [1.165, 1.54) is 4.90 Å². The molecule has 4 atom stereocenters. The van der Waals surface area contributed by atoms with Crippen LogP contribution >= 0.6 is 0 Å². The summed E-state index contributed by atoms with van der Waals surface area (Å²) in [6.45, 7) is 3.03. The van der Waals surface area contributed by atoms with E-state index >= 15 is 0 Å². The molecular weight excluding hydrogens is 394 g/mol. The third-order valence-corrected chi connectivity index (χ3v) is 7.47. The maximum Gasteiger partial charge on any atom is 0.233 e. The molecule has 4 unspecified atom stereocenters. The van der Waals surface area contributed by atoms with Gasteiger partial charge in [-0.2, -0.15) is 0 Å². The van der Waals surface area contributed by atoms with Crippen molar-refractivity contribution < 1.29 is 19.1 Å². The first-order valence-electron chi connectivity index (χ1n) is 11.3. The molecule has 6 rings (SSSR count). The van der Waals surface area contributed by atoms with Crippen LogP contribution in [0.1, 0.15) is 19.3 Å². The summed E-state index contributed by atoms with van der Waals surface area (Å²) in [6, 6.07) is 7.94. The molecule has 164 valence electrons. The Labute approximate surface area is 182 Å². The molecule has 0 radical (unpaired) electrons. The normalized spacial score (nSPS) is 29.5. The fourth-order valence-electron chi connectivity index (χ4n) is 5.73. The quantitative estimate of drug-likeness (QED) is 0.535. The van der Waals surface area contributed by atoms with E-state index in [0.29, 0.717) is 13.1 Å². The van der Waals surface area contributed by atoms with Crippen molar-refractivity contribution in [2.24, 2.45) is 23.7 Å². The van der Waals surface area contributed by atoms with Gasteiger partial charge >= 0.3 is 0 Å². The van der Waals surface area contributed by atoms with Gasteiger partial charge in [-0.3, -0.25) is 19.3 Å². The predicted molar refractivity (Wildman–Crippen MR) is 115 cm³/mol. The minimum atomic E-state index is -0.195. The Morgan fingerprint density at radius 1 is 0.935 bits per heavy atom. The highest BCUT2D eigenvalue weighted by Gasteiger charge is 2.56. The van der Waals surface area contributed by atoms with Crippen molar-refractivity contribution in [3.05, 3.63) is 36.4 Å². The molecule has 3 fully saturated rings. The van der Waals surface area contributed by atoms with Gasteiger partial charge in [0.2, 0.25) is 17.7 Å². The molecule has 1 aromatic rings. The van der Waals surface area contributed by atoms with Crippen molar-refractivity contribution in [1.29, 1.82) is 0 Å².